The number of carbonyl (C=O) groups is 2. The first kappa shape index (κ1) is 26.5. The molecular weight excluding hydrogens is 518 g/mol. The van der Waals surface area contributed by atoms with E-state index in [4.69, 9.17) is 9.47 Å². The Balaban J connectivity index is 1.37. The molecule has 2 N–H and O–H groups in total. The fourth-order valence-electron chi connectivity index (χ4n) is 5.41. The Hall–Kier alpha value is -4.69. The van der Waals surface area contributed by atoms with Crippen molar-refractivity contribution in [3.63, 3.8) is 0 Å². The average molecular weight is 550 g/mol. The number of amides is 2. The van der Waals surface area contributed by atoms with Crippen molar-refractivity contribution in [3.05, 3.63) is 119 Å². The van der Waals surface area contributed by atoms with E-state index in [1.165, 1.54) is 6.20 Å². The van der Waals surface area contributed by atoms with Crippen molar-refractivity contribution in [2.24, 2.45) is 0 Å². The molecule has 3 aromatic carbocycles. The number of fused-ring (bicyclic) bond motifs is 6. The summed E-state index contributed by atoms with van der Waals surface area (Å²) in [4.78, 5) is 32.5. The summed E-state index contributed by atoms with van der Waals surface area (Å²) in [5.74, 6) is 1.65. The molecule has 0 fully saturated rings. The minimum Gasteiger partial charge on any atom is -0.494 e. The number of aromatic nitrogens is 1. The SMILES string of the molecule is O=C1NCCCOc2cccc(c2)C2c3ccc(cc3CCN2C(=O)Cc2ccc(CO)cc2)Oc2cncc1c2. The van der Waals surface area contributed by atoms with Crippen LogP contribution in [0.5, 0.6) is 17.2 Å². The number of ether oxygens (including phenoxy) is 2. The quantitative estimate of drug-likeness (QED) is 0.388. The predicted molar refractivity (Wildman–Crippen MR) is 153 cm³/mol. The highest BCUT2D eigenvalue weighted by atomic mass is 16.5. The summed E-state index contributed by atoms with van der Waals surface area (Å²) in [5.41, 5.74) is 5.25. The minimum absolute atomic E-state index is 0.0279. The van der Waals surface area contributed by atoms with Gasteiger partial charge in [-0.1, -0.05) is 42.5 Å². The molecule has 3 aliphatic rings. The molecule has 208 valence electrons. The number of hydrogen-bond donors (Lipinski definition) is 2. The van der Waals surface area contributed by atoms with Gasteiger partial charge >= 0.3 is 0 Å². The maximum Gasteiger partial charge on any atom is 0.252 e. The lowest BCUT2D eigenvalue weighted by atomic mass is 9.87. The van der Waals surface area contributed by atoms with Gasteiger partial charge in [-0.25, -0.2) is 0 Å². The van der Waals surface area contributed by atoms with Crippen LogP contribution in [0.25, 0.3) is 0 Å². The highest BCUT2D eigenvalue weighted by Crippen LogP contribution is 2.39. The first-order chi connectivity index (χ1) is 20.1. The van der Waals surface area contributed by atoms with Gasteiger partial charge in [-0.2, -0.15) is 0 Å². The van der Waals surface area contributed by atoms with Gasteiger partial charge in [0.1, 0.15) is 17.2 Å². The van der Waals surface area contributed by atoms with Crippen LogP contribution in [0.1, 0.15) is 50.6 Å². The number of rotatable bonds is 3. The second-order valence-electron chi connectivity index (χ2n) is 10.3. The molecule has 4 aromatic rings. The molecule has 0 spiro atoms. The molecule has 4 heterocycles. The van der Waals surface area contributed by atoms with E-state index in [9.17, 15) is 14.7 Å². The van der Waals surface area contributed by atoms with Crippen molar-refractivity contribution in [3.8, 4) is 17.2 Å². The molecule has 41 heavy (non-hydrogen) atoms. The largest absolute Gasteiger partial charge is 0.494 e. The monoisotopic (exact) mass is 549 g/mol. The lowest BCUT2D eigenvalue weighted by Gasteiger charge is -2.38. The van der Waals surface area contributed by atoms with E-state index in [1.807, 2.05) is 71.6 Å². The van der Waals surface area contributed by atoms with Crippen LogP contribution in [0.3, 0.4) is 0 Å². The summed E-state index contributed by atoms with van der Waals surface area (Å²) >= 11 is 0. The third kappa shape index (κ3) is 5.93. The molecule has 7 rings (SSSR count). The zero-order chi connectivity index (χ0) is 28.2. The van der Waals surface area contributed by atoms with Gasteiger partial charge in [0.25, 0.3) is 5.91 Å². The Bertz CT molecular complexity index is 1570. The van der Waals surface area contributed by atoms with E-state index in [0.29, 0.717) is 55.4 Å². The summed E-state index contributed by atoms with van der Waals surface area (Å²) in [5, 5.41) is 12.3. The van der Waals surface area contributed by atoms with Gasteiger partial charge in [-0.15, -0.1) is 0 Å². The number of pyridine rings is 1. The van der Waals surface area contributed by atoms with Gasteiger partial charge in [0.05, 0.1) is 37.4 Å². The van der Waals surface area contributed by atoms with Crippen molar-refractivity contribution in [1.29, 1.82) is 0 Å². The normalized spacial score (nSPS) is 16.6. The van der Waals surface area contributed by atoms with Crippen molar-refractivity contribution in [2.75, 3.05) is 19.7 Å². The highest BCUT2D eigenvalue weighted by Gasteiger charge is 2.32. The zero-order valence-corrected chi connectivity index (χ0v) is 22.6. The number of nitrogens with one attached hydrogen (secondary N) is 1. The number of benzene rings is 3. The first-order valence-electron chi connectivity index (χ1n) is 13.8. The molecule has 1 aromatic heterocycles. The average Bonchev–Trinajstić information content (AvgIpc) is 3.00. The number of nitrogens with zero attached hydrogens (tertiary/aromatic N) is 2. The predicted octanol–water partition coefficient (Wildman–Crippen LogP) is 4.60. The van der Waals surface area contributed by atoms with Gasteiger partial charge in [-0.05, 0) is 71.0 Å². The maximum atomic E-state index is 13.8. The summed E-state index contributed by atoms with van der Waals surface area (Å²) in [7, 11) is 0. The second kappa shape index (κ2) is 11.8. The number of aliphatic hydroxyl groups excluding tert-OH is 1. The molecular formula is C33H31N3O5. The fraction of sp³-hybridized carbons (Fsp3) is 0.242. The Morgan fingerprint density at radius 1 is 0.976 bits per heavy atom. The van der Waals surface area contributed by atoms with Crippen LogP contribution in [0, 0.1) is 0 Å². The van der Waals surface area contributed by atoms with Crippen LogP contribution in [0.15, 0.2) is 85.2 Å². The van der Waals surface area contributed by atoms with Gasteiger partial charge in [-0.3, -0.25) is 14.6 Å². The summed E-state index contributed by atoms with van der Waals surface area (Å²) in [6.45, 7) is 1.41. The van der Waals surface area contributed by atoms with Crippen molar-refractivity contribution in [2.45, 2.75) is 31.9 Å². The van der Waals surface area contributed by atoms with E-state index >= 15 is 0 Å². The third-order valence-corrected chi connectivity index (χ3v) is 7.48. The first-order valence-corrected chi connectivity index (χ1v) is 13.8. The van der Waals surface area contributed by atoms with Crippen LogP contribution in [0.2, 0.25) is 0 Å². The molecule has 8 nitrogen and oxygen atoms in total. The van der Waals surface area contributed by atoms with E-state index in [0.717, 1.165) is 27.8 Å². The fourth-order valence-corrected chi connectivity index (χ4v) is 5.41. The zero-order valence-electron chi connectivity index (χ0n) is 22.6. The molecule has 0 saturated heterocycles. The van der Waals surface area contributed by atoms with Crippen molar-refractivity contribution < 1.29 is 24.2 Å². The van der Waals surface area contributed by atoms with Gasteiger partial charge < -0.3 is 24.8 Å². The smallest absolute Gasteiger partial charge is 0.252 e. The van der Waals surface area contributed by atoms with Crippen LogP contribution in [-0.2, 0) is 24.2 Å². The lowest BCUT2D eigenvalue weighted by molar-refractivity contribution is -0.132. The molecule has 8 bridgehead atoms. The van der Waals surface area contributed by atoms with E-state index in [-0.39, 0.29) is 30.9 Å². The number of carbonyl (C=O) groups excluding carboxylic acids is 2. The molecule has 1 atom stereocenters. The molecule has 2 amide bonds. The van der Waals surface area contributed by atoms with Gasteiger partial charge in [0.15, 0.2) is 0 Å². The Labute approximate surface area is 238 Å². The number of hydrogen-bond acceptors (Lipinski definition) is 6. The Morgan fingerprint density at radius 2 is 1.83 bits per heavy atom. The van der Waals surface area contributed by atoms with Crippen LogP contribution < -0.4 is 14.8 Å². The lowest BCUT2D eigenvalue weighted by Crippen LogP contribution is -2.41. The summed E-state index contributed by atoms with van der Waals surface area (Å²) in [6, 6.07) is 22.7. The Kier molecular flexibility index (Phi) is 7.65. The molecule has 0 aliphatic carbocycles. The number of aliphatic hydroxyl groups is 1. The van der Waals surface area contributed by atoms with Crippen molar-refractivity contribution in [1.82, 2.24) is 15.2 Å². The van der Waals surface area contributed by atoms with Gasteiger partial charge in [0.2, 0.25) is 5.91 Å². The summed E-state index contributed by atoms with van der Waals surface area (Å²) < 4.78 is 12.2. The highest BCUT2D eigenvalue weighted by molar-refractivity contribution is 5.94. The maximum absolute atomic E-state index is 13.8. The molecule has 3 aliphatic heterocycles. The van der Waals surface area contributed by atoms with Crippen LogP contribution in [-0.4, -0.2) is 46.5 Å². The molecule has 1 unspecified atom stereocenters. The Morgan fingerprint density at radius 3 is 2.68 bits per heavy atom. The van der Waals surface area contributed by atoms with Crippen LogP contribution >= 0.6 is 0 Å². The molecule has 8 heteroatoms. The van der Waals surface area contributed by atoms with Crippen molar-refractivity contribution >= 4 is 11.8 Å². The summed E-state index contributed by atoms with van der Waals surface area (Å²) in [6.07, 6.45) is 4.68. The molecule has 0 radical (unpaired) electrons. The van der Waals surface area contributed by atoms with E-state index in [1.54, 1.807) is 12.3 Å². The second-order valence-corrected chi connectivity index (χ2v) is 10.3. The van der Waals surface area contributed by atoms with Gasteiger partial charge in [0, 0.05) is 19.3 Å². The van der Waals surface area contributed by atoms with E-state index < -0.39 is 0 Å². The third-order valence-electron chi connectivity index (χ3n) is 7.48. The topological polar surface area (TPSA) is 101 Å². The standard InChI is InChI=1S/C33H31N3O5/c37-21-23-7-5-22(6-8-23)15-31(38)36-13-11-24-16-28-9-10-30(24)32(36)25-3-1-4-27(17-25)40-14-2-12-35-33(39)26-18-29(41-28)20-34-19-26/h1,3-10,16-20,32,37H,2,11-15,21H2,(H,35,39). The van der Waals surface area contributed by atoms with Crippen LogP contribution in [0.4, 0.5) is 0 Å². The molecule has 0 saturated carbocycles. The minimum atomic E-state index is -0.288. The van der Waals surface area contributed by atoms with E-state index in [2.05, 4.69) is 10.3 Å².